The van der Waals surface area contributed by atoms with Crippen molar-refractivity contribution in [3.8, 4) is 0 Å². The van der Waals surface area contributed by atoms with Gasteiger partial charge in [0.15, 0.2) is 0 Å². The summed E-state index contributed by atoms with van der Waals surface area (Å²) in [5.74, 6) is -1.01. The van der Waals surface area contributed by atoms with E-state index in [0.29, 0.717) is 36.9 Å². The number of hydrogen-bond acceptors (Lipinski definition) is 4. The zero-order valence-electron chi connectivity index (χ0n) is 14.7. The number of aromatic nitrogens is 2. The lowest BCUT2D eigenvalue weighted by atomic mass is 10.1. The van der Waals surface area contributed by atoms with Crippen LogP contribution in [0, 0.1) is 0 Å². The Morgan fingerprint density at radius 3 is 1.57 bits per heavy atom. The number of halogens is 5. The van der Waals surface area contributed by atoms with Crippen LogP contribution in [-0.4, -0.2) is 26.3 Å². The van der Waals surface area contributed by atoms with E-state index in [4.69, 9.17) is 63.1 Å². The van der Waals surface area contributed by atoms with E-state index in [0.717, 1.165) is 5.39 Å². The van der Waals surface area contributed by atoms with Crippen molar-refractivity contribution < 1.29 is 14.7 Å². The van der Waals surface area contributed by atoms with Crippen LogP contribution in [0.3, 0.4) is 0 Å². The van der Waals surface area contributed by atoms with Crippen molar-refractivity contribution >= 4 is 90.8 Å². The van der Waals surface area contributed by atoms with Crippen molar-refractivity contribution in [3.05, 3.63) is 80.3 Å². The molecule has 1 N–H and O–H groups in total. The number of benzene rings is 2. The first-order valence-corrected chi connectivity index (χ1v) is 9.98. The highest BCUT2D eigenvalue weighted by molar-refractivity contribution is 6.67. The number of fused-ring (bicyclic) bond motifs is 2. The number of carboxylic acid groups (broad SMARTS) is 1. The zero-order valence-corrected chi connectivity index (χ0v) is 18.4. The van der Waals surface area contributed by atoms with Crippen LogP contribution in [-0.2, 0) is 0 Å². The van der Waals surface area contributed by atoms with Crippen molar-refractivity contribution in [1.29, 1.82) is 0 Å². The molecule has 0 saturated heterocycles. The lowest BCUT2D eigenvalue weighted by Gasteiger charge is -2.03. The van der Waals surface area contributed by atoms with Gasteiger partial charge >= 0.3 is 5.97 Å². The highest BCUT2D eigenvalue weighted by Crippen LogP contribution is 2.29. The van der Waals surface area contributed by atoms with Gasteiger partial charge in [0, 0.05) is 39.5 Å². The van der Waals surface area contributed by atoms with Gasteiger partial charge in [-0.05, 0) is 35.9 Å². The van der Waals surface area contributed by atoms with Crippen LogP contribution < -0.4 is 0 Å². The smallest absolute Gasteiger partial charge is 0.335 e. The third-order valence-electron chi connectivity index (χ3n) is 4.05. The number of aromatic carboxylic acids is 1. The summed E-state index contributed by atoms with van der Waals surface area (Å²) >= 11 is 28.9. The Hall–Kier alpha value is -2.15. The van der Waals surface area contributed by atoms with Crippen LogP contribution in [0.15, 0.2) is 48.8 Å². The molecule has 0 aliphatic carbocycles. The van der Waals surface area contributed by atoms with Gasteiger partial charge in [-0.2, -0.15) is 0 Å². The SMILES string of the molecule is O=C(Cl)c1ccc2c(Cl)cnc(Cl)c2c1.O=C(O)c1ccc2c(Cl)cnc(Cl)c2c1. The van der Waals surface area contributed by atoms with Crippen LogP contribution in [0.25, 0.3) is 21.5 Å². The van der Waals surface area contributed by atoms with E-state index in [1.807, 2.05) is 0 Å². The predicted octanol–water partition coefficient (Wildman–Crippen LogP) is 7.16. The molecule has 0 aliphatic heterocycles. The summed E-state index contributed by atoms with van der Waals surface area (Å²) in [7, 11) is 0. The second kappa shape index (κ2) is 9.33. The molecular formula is C20H9Cl5N2O3. The Morgan fingerprint density at radius 1 is 0.700 bits per heavy atom. The van der Waals surface area contributed by atoms with E-state index in [1.54, 1.807) is 24.3 Å². The second-order valence-corrected chi connectivity index (χ2v) is 7.77. The molecule has 2 aromatic heterocycles. The lowest BCUT2D eigenvalue weighted by molar-refractivity contribution is 0.0697. The molecule has 0 aliphatic rings. The number of hydrogen-bond donors (Lipinski definition) is 1. The molecule has 4 aromatic rings. The van der Waals surface area contributed by atoms with E-state index in [9.17, 15) is 9.59 Å². The third-order valence-corrected chi connectivity index (χ3v) is 5.48. The molecule has 0 bridgehead atoms. The fourth-order valence-corrected chi connectivity index (χ4v) is 3.56. The molecule has 2 aromatic carbocycles. The van der Waals surface area contributed by atoms with Crippen LogP contribution in [0.2, 0.25) is 20.4 Å². The highest BCUT2D eigenvalue weighted by atomic mass is 35.5. The molecule has 5 nitrogen and oxygen atoms in total. The summed E-state index contributed by atoms with van der Waals surface area (Å²) in [5, 5.41) is 12.4. The van der Waals surface area contributed by atoms with Gasteiger partial charge < -0.3 is 5.11 Å². The van der Waals surface area contributed by atoms with Gasteiger partial charge in [-0.1, -0.05) is 58.5 Å². The minimum absolute atomic E-state index is 0.161. The summed E-state index contributed by atoms with van der Waals surface area (Å²) in [6, 6.07) is 9.42. The number of carbonyl (C=O) groups is 2. The average Bonchev–Trinajstić information content (AvgIpc) is 2.73. The molecule has 0 radical (unpaired) electrons. The van der Waals surface area contributed by atoms with E-state index in [2.05, 4.69) is 9.97 Å². The largest absolute Gasteiger partial charge is 0.478 e. The van der Waals surface area contributed by atoms with Gasteiger partial charge in [-0.15, -0.1) is 0 Å². The first-order valence-electron chi connectivity index (χ1n) is 8.09. The maximum absolute atomic E-state index is 11.0. The summed E-state index contributed by atoms with van der Waals surface area (Å²) < 4.78 is 0. The molecule has 4 rings (SSSR count). The van der Waals surface area contributed by atoms with Crippen molar-refractivity contribution in [2.75, 3.05) is 0 Å². The predicted molar refractivity (Wildman–Crippen MR) is 121 cm³/mol. The van der Waals surface area contributed by atoms with E-state index in [1.165, 1.54) is 24.5 Å². The van der Waals surface area contributed by atoms with Gasteiger partial charge in [-0.25, -0.2) is 14.8 Å². The van der Waals surface area contributed by atoms with Crippen molar-refractivity contribution in [1.82, 2.24) is 9.97 Å². The summed E-state index contributed by atoms with van der Waals surface area (Å²) in [6.45, 7) is 0. The first-order chi connectivity index (χ1) is 14.2. The van der Waals surface area contributed by atoms with Gasteiger partial charge in [0.05, 0.1) is 15.6 Å². The van der Waals surface area contributed by atoms with E-state index >= 15 is 0 Å². The summed E-state index contributed by atoms with van der Waals surface area (Å²) in [4.78, 5) is 29.4. The van der Waals surface area contributed by atoms with Crippen molar-refractivity contribution in [2.45, 2.75) is 0 Å². The summed E-state index contributed by atoms with van der Waals surface area (Å²) in [5.41, 5.74) is 0.531. The zero-order chi connectivity index (χ0) is 22.0. The quantitative estimate of drug-likeness (QED) is 0.232. The number of rotatable bonds is 2. The second-order valence-electron chi connectivity index (χ2n) is 5.89. The standard InChI is InChI=1S/C10H4Cl3NO.C10H5Cl2NO2/c11-8-4-14-9(12)7-3-5(10(13)15)1-2-6(7)8;11-8-4-13-9(12)7-3-5(10(14)15)1-2-6(7)8/h1-4H;1-4H,(H,14,15). The Kier molecular flexibility index (Phi) is 7.01. The molecule has 0 unspecified atom stereocenters. The minimum atomic E-state index is -1.01. The number of nitrogens with zero attached hydrogens (tertiary/aromatic N) is 2. The third kappa shape index (κ3) is 4.77. The van der Waals surface area contributed by atoms with Crippen LogP contribution in [0.4, 0.5) is 0 Å². The Bertz CT molecular complexity index is 1210. The van der Waals surface area contributed by atoms with E-state index < -0.39 is 11.2 Å². The normalized spacial score (nSPS) is 10.6. The molecule has 10 heteroatoms. The van der Waals surface area contributed by atoms with Gasteiger partial charge in [0.25, 0.3) is 5.24 Å². The lowest BCUT2D eigenvalue weighted by Crippen LogP contribution is -1.95. The molecular weight excluding hydrogens is 493 g/mol. The highest BCUT2D eigenvalue weighted by Gasteiger charge is 2.09. The van der Waals surface area contributed by atoms with E-state index in [-0.39, 0.29) is 10.7 Å². The Labute approximate surface area is 195 Å². The molecule has 0 fully saturated rings. The maximum Gasteiger partial charge on any atom is 0.335 e. The minimum Gasteiger partial charge on any atom is -0.478 e. The number of pyridine rings is 2. The molecule has 152 valence electrons. The molecule has 30 heavy (non-hydrogen) atoms. The maximum atomic E-state index is 11.0. The molecule has 2 heterocycles. The van der Waals surface area contributed by atoms with Crippen molar-refractivity contribution in [3.63, 3.8) is 0 Å². The molecule has 0 amide bonds. The van der Waals surface area contributed by atoms with Gasteiger partial charge in [0.1, 0.15) is 10.3 Å². The fourth-order valence-electron chi connectivity index (χ4n) is 2.61. The van der Waals surface area contributed by atoms with Crippen molar-refractivity contribution in [2.24, 2.45) is 0 Å². The van der Waals surface area contributed by atoms with Gasteiger partial charge in [-0.3, -0.25) is 4.79 Å². The van der Waals surface area contributed by atoms with Crippen LogP contribution in [0.5, 0.6) is 0 Å². The number of carboxylic acids is 1. The molecule has 0 atom stereocenters. The molecule has 0 spiro atoms. The van der Waals surface area contributed by atoms with Gasteiger partial charge in [0.2, 0.25) is 0 Å². The topological polar surface area (TPSA) is 80.2 Å². The van der Waals surface area contributed by atoms with Crippen LogP contribution >= 0.6 is 58.0 Å². The summed E-state index contributed by atoms with van der Waals surface area (Å²) in [6.07, 6.45) is 2.90. The monoisotopic (exact) mass is 500 g/mol. The fraction of sp³-hybridized carbons (Fsp3) is 0. The van der Waals surface area contributed by atoms with Crippen LogP contribution in [0.1, 0.15) is 20.7 Å². The first kappa shape index (κ1) is 22.5. The average molecular weight is 503 g/mol. The Balaban J connectivity index is 0.000000171. The molecule has 0 saturated carbocycles. The number of carbonyl (C=O) groups excluding carboxylic acids is 1. The Morgan fingerprint density at radius 2 is 1.13 bits per heavy atom.